The first-order valence-electron chi connectivity index (χ1n) is 4.61. The Morgan fingerprint density at radius 2 is 2.31 bits per heavy atom. The third kappa shape index (κ3) is 4.04. The van der Waals surface area contributed by atoms with E-state index in [1.807, 2.05) is 0 Å². The molecule has 1 atom stereocenters. The predicted octanol–water partition coefficient (Wildman–Crippen LogP) is -0.818. The lowest BCUT2D eigenvalue weighted by Gasteiger charge is -2.23. The maximum atomic E-state index is 11.2. The molecule has 1 heterocycles. The zero-order valence-electron chi connectivity index (χ0n) is 7.84. The van der Waals surface area contributed by atoms with Gasteiger partial charge >= 0.3 is 0 Å². The molecule has 0 spiro atoms. The van der Waals surface area contributed by atoms with E-state index in [0.29, 0.717) is 6.54 Å². The summed E-state index contributed by atoms with van der Waals surface area (Å²) >= 11 is 0. The monoisotopic (exact) mass is 207 g/mol. The molecule has 13 heavy (non-hydrogen) atoms. The SMILES string of the molecule is CCNS(=O)(=O)NC1CCCNC1. The van der Waals surface area contributed by atoms with Gasteiger partial charge in [-0.05, 0) is 19.4 Å². The maximum absolute atomic E-state index is 11.2. The standard InChI is InChI=1S/C7H17N3O2S/c1-2-9-13(11,12)10-7-4-3-5-8-6-7/h7-10H,2-6H2,1H3. The van der Waals surface area contributed by atoms with Crippen LogP contribution in [0.15, 0.2) is 0 Å². The van der Waals surface area contributed by atoms with Crippen LogP contribution in [0.2, 0.25) is 0 Å². The van der Waals surface area contributed by atoms with Gasteiger partial charge in [-0.1, -0.05) is 6.92 Å². The van der Waals surface area contributed by atoms with Gasteiger partial charge in [-0.3, -0.25) is 0 Å². The van der Waals surface area contributed by atoms with Crippen molar-refractivity contribution in [3.05, 3.63) is 0 Å². The quantitative estimate of drug-likeness (QED) is 0.564. The number of hydrogen-bond acceptors (Lipinski definition) is 3. The molecule has 0 aliphatic carbocycles. The van der Waals surface area contributed by atoms with Crippen molar-refractivity contribution in [2.45, 2.75) is 25.8 Å². The van der Waals surface area contributed by atoms with Crippen LogP contribution in [-0.2, 0) is 10.2 Å². The van der Waals surface area contributed by atoms with Gasteiger partial charge in [-0.15, -0.1) is 0 Å². The van der Waals surface area contributed by atoms with Crippen LogP contribution < -0.4 is 14.8 Å². The Morgan fingerprint density at radius 1 is 1.54 bits per heavy atom. The minimum absolute atomic E-state index is 0.0396. The molecular formula is C7H17N3O2S. The minimum atomic E-state index is -3.27. The lowest BCUT2D eigenvalue weighted by Crippen LogP contribution is -2.49. The molecule has 0 aromatic rings. The fourth-order valence-electron chi connectivity index (χ4n) is 1.40. The van der Waals surface area contributed by atoms with Crippen molar-refractivity contribution in [1.29, 1.82) is 0 Å². The van der Waals surface area contributed by atoms with E-state index in [4.69, 9.17) is 0 Å². The topological polar surface area (TPSA) is 70.2 Å². The Kier molecular flexibility index (Phi) is 4.11. The first-order valence-corrected chi connectivity index (χ1v) is 6.10. The van der Waals surface area contributed by atoms with Crippen LogP contribution in [0.5, 0.6) is 0 Å². The molecule has 1 saturated heterocycles. The smallest absolute Gasteiger partial charge is 0.277 e. The molecule has 0 amide bonds. The van der Waals surface area contributed by atoms with Crippen LogP contribution >= 0.6 is 0 Å². The number of hydrogen-bond donors (Lipinski definition) is 3. The first kappa shape index (κ1) is 10.9. The number of piperidine rings is 1. The highest BCUT2D eigenvalue weighted by molar-refractivity contribution is 7.87. The molecule has 6 heteroatoms. The van der Waals surface area contributed by atoms with E-state index in [0.717, 1.165) is 25.9 Å². The van der Waals surface area contributed by atoms with Crippen LogP contribution in [0, 0.1) is 0 Å². The Balaban J connectivity index is 2.37. The first-order chi connectivity index (χ1) is 6.14. The Hall–Kier alpha value is -0.170. The highest BCUT2D eigenvalue weighted by Gasteiger charge is 2.18. The van der Waals surface area contributed by atoms with Gasteiger partial charge in [0.1, 0.15) is 0 Å². The van der Waals surface area contributed by atoms with Crippen molar-refractivity contribution < 1.29 is 8.42 Å². The molecule has 0 saturated carbocycles. The van der Waals surface area contributed by atoms with Gasteiger partial charge in [0.05, 0.1) is 0 Å². The predicted molar refractivity (Wildman–Crippen MR) is 51.6 cm³/mol. The number of rotatable bonds is 4. The summed E-state index contributed by atoms with van der Waals surface area (Å²) in [7, 11) is -3.27. The summed E-state index contributed by atoms with van der Waals surface area (Å²) in [6.45, 7) is 3.90. The molecule has 78 valence electrons. The molecule has 0 bridgehead atoms. The fourth-order valence-corrected chi connectivity index (χ4v) is 2.51. The normalized spacial score (nSPS) is 24.5. The minimum Gasteiger partial charge on any atom is -0.315 e. The van der Waals surface area contributed by atoms with Crippen molar-refractivity contribution >= 4 is 10.2 Å². The summed E-state index contributed by atoms with van der Waals surface area (Å²) in [5, 5.41) is 3.14. The van der Waals surface area contributed by atoms with Gasteiger partial charge in [-0.25, -0.2) is 4.72 Å². The van der Waals surface area contributed by atoms with E-state index in [2.05, 4.69) is 14.8 Å². The molecule has 0 aromatic heterocycles. The Morgan fingerprint density at radius 3 is 2.85 bits per heavy atom. The average molecular weight is 207 g/mol. The van der Waals surface area contributed by atoms with Crippen LogP contribution in [0.3, 0.4) is 0 Å². The molecule has 0 radical (unpaired) electrons. The van der Waals surface area contributed by atoms with E-state index in [-0.39, 0.29) is 6.04 Å². The van der Waals surface area contributed by atoms with Gasteiger partial charge in [0.15, 0.2) is 0 Å². The highest BCUT2D eigenvalue weighted by Crippen LogP contribution is 2.01. The summed E-state index contributed by atoms with van der Waals surface area (Å²) in [6, 6.07) is 0.0396. The van der Waals surface area contributed by atoms with Crippen molar-refractivity contribution in [2.24, 2.45) is 0 Å². The molecule has 0 aromatic carbocycles. The van der Waals surface area contributed by atoms with E-state index in [1.165, 1.54) is 0 Å². The summed E-state index contributed by atoms with van der Waals surface area (Å²) in [5.74, 6) is 0. The summed E-state index contributed by atoms with van der Waals surface area (Å²) < 4.78 is 27.5. The second kappa shape index (κ2) is 4.90. The van der Waals surface area contributed by atoms with Gasteiger partial charge < -0.3 is 5.32 Å². The van der Waals surface area contributed by atoms with E-state index < -0.39 is 10.2 Å². The largest absolute Gasteiger partial charge is 0.315 e. The van der Waals surface area contributed by atoms with E-state index in [9.17, 15) is 8.42 Å². The fraction of sp³-hybridized carbons (Fsp3) is 1.00. The molecule has 1 unspecified atom stereocenters. The number of nitrogens with one attached hydrogen (secondary N) is 3. The third-order valence-electron chi connectivity index (χ3n) is 1.95. The van der Waals surface area contributed by atoms with Crippen molar-refractivity contribution in [1.82, 2.24) is 14.8 Å². The molecule has 1 rings (SSSR count). The van der Waals surface area contributed by atoms with Gasteiger partial charge in [0.25, 0.3) is 10.2 Å². The Labute approximate surface area is 79.5 Å². The zero-order chi connectivity index (χ0) is 9.73. The maximum Gasteiger partial charge on any atom is 0.277 e. The lowest BCUT2D eigenvalue weighted by molar-refractivity contribution is 0.426. The van der Waals surface area contributed by atoms with Crippen LogP contribution in [-0.4, -0.2) is 34.1 Å². The van der Waals surface area contributed by atoms with Gasteiger partial charge in [0.2, 0.25) is 0 Å². The Bertz CT molecular complexity index is 234. The molecule has 1 aliphatic rings. The van der Waals surface area contributed by atoms with Crippen LogP contribution in [0.25, 0.3) is 0 Å². The van der Waals surface area contributed by atoms with Crippen molar-refractivity contribution in [3.8, 4) is 0 Å². The average Bonchev–Trinajstić information content (AvgIpc) is 2.04. The van der Waals surface area contributed by atoms with E-state index >= 15 is 0 Å². The van der Waals surface area contributed by atoms with Crippen molar-refractivity contribution in [2.75, 3.05) is 19.6 Å². The van der Waals surface area contributed by atoms with Crippen LogP contribution in [0.4, 0.5) is 0 Å². The van der Waals surface area contributed by atoms with Crippen LogP contribution in [0.1, 0.15) is 19.8 Å². The lowest BCUT2D eigenvalue weighted by atomic mass is 10.1. The molecule has 5 nitrogen and oxygen atoms in total. The van der Waals surface area contributed by atoms with Gasteiger partial charge in [-0.2, -0.15) is 13.1 Å². The molecule has 3 N–H and O–H groups in total. The molecule has 1 fully saturated rings. The molecule has 1 aliphatic heterocycles. The second-order valence-corrected chi connectivity index (χ2v) is 4.69. The summed E-state index contributed by atoms with van der Waals surface area (Å²) in [4.78, 5) is 0. The highest BCUT2D eigenvalue weighted by atomic mass is 32.2. The summed E-state index contributed by atoms with van der Waals surface area (Å²) in [6.07, 6.45) is 1.94. The third-order valence-corrected chi connectivity index (χ3v) is 3.27. The molecular weight excluding hydrogens is 190 g/mol. The second-order valence-electron chi connectivity index (χ2n) is 3.16. The van der Waals surface area contributed by atoms with Gasteiger partial charge in [0, 0.05) is 19.1 Å². The van der Waals surface area contributed by atoms with Crippen molar-refractivity contribution in [3.63, 3.8) is 0 Å². The van der Waals surface area contributed by atoms with E-state index in [1.54, 1.807) is 6.92 Å². The zero-order valence-corrected chi connectivity index (χ0v) is 8.65. The summed E-state index contributed by atoms with van der Waals surface area (Å²) in [5.41, 5.74) is 0.